The van der Waals surface area contributed by atoms with E-state index in [1.807, 2.05) is 61.5 Å². The Labute approximate surface area is 189 Å². The third-order valence-electron chi connectivity index (χ3n) is 4.37. The summed E-state index contributed by atoms with van der Waals surface area (Å²) in [4.78, 5) is 21.6. The Kier molecular flexibility index (Phi) is 7.10. The molecule has 0 saturated carbocycles. The first-order chi connectivity index (χ1) is 14.0. The molecular weight excluding hydrogens is 443 g/mol. The fourth-order valence-corrected chi connectivity index (χ4v) is 4.10. The summed E-state index contributed by atoms with van der Waals surface area (Å²) in [5.41, 5.74) is 1.93. The molecule has 2 aromatic heterocycles. The second kappa shape index (κ2) is 9.57. The summed E-state index contributed by atoms with van der Waals surface area (Å²) in [7, 11) is 3.93. The van der Waals surface area contributed by atoms with Crippen molar-refractivity contribution >= 4 is 56.6 Å². The number of likely N-dealkylation sites (N-methyl/N-ethyl adjacent to an activating group) is 1. The van der Waals surface area contributed by atoms with Gasteiger partial charge in [-0.15, -0.1) is 12.4 Å². The van der Waals surface area contributed by atoms with Crippen molar-refractivity contribution in [1.29, 1.82) is 0 Å². The standard InChI is InChI=1S/C21H19ClN4O2S.ClH/c1-25(2)10-11-26(21-23-16-9-8-15(22)12-19(16)29-21)20(27)17-13-18(28-24-17)14-6-4-3-5-7-14;/h3-9,12-13H,10-11H2,1-2H3;1H. The van der Waals surface area contributed by atoms with Gasteiger partial charge in [0.25, 0.3) is 5.91 Å². The second-order valence-corrected chi connectivity index (χ2v) is 8.26. The van der Waals surface area contributed by atoms with Crippen LogP contribution in [0.4, 0.5) is 5.13 Å². The summed E-state index contributed by atoms with van der Waals surface area (Å²) in [6, 6.07) is 16.8. The average molecular weight is 463 g/mol. The molecule has 0 aliphatic carbocycles. The molecule has 0 aliphatic rings. The summed E-state index contributed by atoms with van der Waals surface area (Å²) < 4.78 is 6.35. The van der Waals surface area contributed by atoms with Crippen molar-refractivity contribution in [3.63, 3.8) is 0 Å². The van der Waals surface area contributed by atoms with Crippen LogP contribution in [0.25, 0.3) is 21.5 Å². The molecule has 4 rings (SSSR count). The molecule has 0 fully saturated rings. The summed E-state index contributed by atoms with van der Waals surface area (Å²) in [5.74, 6) is 0.306. The summed E-state index contributed by atoms with van der Waals surface area (Å²) in [5, 5.41) is 5.26. The SMILES string of the molecule is CN(C)CCN(C(=O)c1cc(-c2ccccc2)on1)c1nc2ccc(Cl)cc2s1.Cl. The molecule has 0 aliphatic heterocycles. The van der Waals surface area contributed by atoms with Crippen molar-refractivity contribution in [2.45, 2.75) is 0 Å². The van der Waals surface area contributed by atoms with Crippen LogP contribution in [0.1, 0.15) is 10.5 Å². The molecule has 9 heteroatoms. The van der Waals surface area contributed by atoms with E-state index in [2.05, 4.69) is 10.1 Å². The molecule has 0 bridgehead atoms. The van der Waals surface area contributed by atoms with Crippen LogP contribution in [0.2, 0.25) is 5.02 Å². The topological polar surface area (TPSA) is 62.5 Å². The Morgan fingerprint density at radius 1 is 1.10 bits per heavy atom. The first-order valence-electron chi connectivity index (χ1n) is 9.06. The summed E-state index contributed by atoms with van der Waals surface area (Å²) in [6.07, 6.45) is 0. The number of anilines is 1. The van der Waals surface area contributed by atoms with Gasteiger partial charge in [0.15, 0.2) is 16.6 Å². The van der Waals surface area contributed by atoms with Gasteiger partial charge in [-0.3, -0.25) is 9.69 Å². The average Bonchev–Trinajstić information content (AvgIpc) is 3.35. The quantitative estimate of drug-likeness (QED) is 0.392. The number of carbonyl (C=O) groups excluding carboxylic acids is 1. The normalized spacial score (nSPS) is 10.9. The van der Waals surface area contributed by atoms with E-state index in [9.17, 15) is 4.79 Å². The lowest BCUT2D eigenvalue weighted by molar-refractivity contribution is 0.0976. The number of thiazole rings is 1. The maximum Gasteiger partial charge on any atom is 0.282 e. The highest BCUT2D eigenvalue weighted by Crippen LogP contribution is 2.32. The van der Waals surface area contributed by atoms with Crippen molar-refractivity contribution in [3.05, 3.63) is 65.3 Å². The van der Waals surface area contributed by atoms with Gasteiger partial charge in [0.1, 0.15) is 0 Å². The Bertz CT molecular complexity index is 1140. The molecule has 2 aromatic carbocycles. The number of aromatic nitrogens is 2. The zero-order valence-corrected chi connectivity index (χ0v) is 18.8. The van der Waals surface area contributed by atoms with Crippen molar-refractivity contribution in [1.82, 2.24) is 15.0 Å². The molecule has 4 aromatic rings. The third kappa shape index (κ3) is 4.82. The van der Waals surface area contributed by atoms with Gasteiger partial charge in [-0.05, 0) is 32.3 Å². The van der Waals surface area contributed by atoms with Gasteiger partial charge >= 0.3 is 0 Å². The van der Waals surface area contributed by atoms with Crippen LogP contribution in [0.15, 0.2) is 59.1 Å². The molecule has 0 saturated heterocycles. The van der Waals surface area contributed by atoms with E-state index in [0.717, 1.165) is 15.8 Å². The monoisotopic (exact) mass is 462 g/mol. The van der Waals surface area contributed by atoms with Crippen LogP contribution >= 0.6 is 35.3 Å². The van der Waals surface area contributed by atoms with Gasteiger partial charge in [-0.25, -0.2) is 4.98 Å². The first-order valence-corrected chi connectivity index (χ1v) is 10.3. The Balaban J connectivity index is 0.00000256. The Hall–Kier alpha value is -2.45. The van der Waals surface area contributed by atoms with Crippen LogP contribution in [0.5, 0.6) is 0 Å². The molecule has 0 spiro atoms. The zero-order chi connectivity index (χ0) is 20.4. The van der Waals surface area contributed by atoms with E-state index in [0.29, 0.717) is 29.0 Å². The third-order valence-corrected chi connectivity index (χ3v) is 5.65. The number of benzene rings is 2. The van der Waals surface area contributed by atoms with E-state index in [-0.39, 0.29) is 24.0 Å². The number of hydrogen-bond acceptors (Lipinski definition) is 6. The van der Waals surface area contributed by atoms with Gasteiger partial charge < -0.3 is 9.42 Å². The minimum atomic E-state index is -0.247. The number of nitrogens with zero attached hydrogens (tertiary/aromatic N) is 4. The molecule has 1 amide bonds. The molecule has 0 unspecified atom stereocenters. The van der Waals surface area contributed by atoms with Crippen molar-refractivity contribution in [2.24, 2.45) is 0 Å². The van der Waals surface area contributed by atoms with Crippen LogP contribution in [-0.2, 0) is 0 Å². The maximum atomic E-state index is 13.3. The molecule has 0 atom stereocenters. The molecule has 2 heterocycles. The van der Waals surface area contributed by atoms with E-state index >= 15 is 0 Å². The lowest BCUT2D eigenvalue weighted by atomic mass is 10.1. The first kappa shape index (κ1) is 22.2. The minimum Gasteiger partial charge on any atom is -0.355 e. The van der Waals surface area contributed by atoms with Gasteiger partial charge in [0, 0.05) is 29.7 Å². The molecule has 30 heavy (non-hydrogen) atoms. The molecule has 0 radical (unpaired) electrons. The fourth-order valence-electron chi connectivity index (χ4n) is 2.84. The molecule has 156 valence electrons. The Morgan fingerprint density at radius 2 is 1.87 bits per heavy atom. The lowest BCUT2D eigenvalue weighted by Gasteiger charge is -2.20. The largest absolute Gasteiger partial charge is 0.355 e. The fraction of sp³-hybridized carbons (Fsp3) is 0.190. The summed E-state index contributed by atoms with van der Waals surface area (Å²) in [6.45, 7) is 1.17. The van der Waals surface area contributed by atoms with Crippen LogP contribution in [0.3, 0.4) is 0 Å². The zero-order valence-electron chi connectivity index (χ0n) is 16.4. The van der Waals surface area contributed by atoms with E-state index in [1.165, 1.54) is 11.3 Å². The predicted octanol–water partition coefficient (Wildman–Crippen LogP) is 5.23. The molecule has 6 nitrogen and oxygen atoms in total. The van der Waals surface area contributed by atoms with Crippen molar-refractivity contribution < 1.29 is 9.32 Å². The number of hydrogen-bond donors (Lipinski definition) is 0. The van der Waals surface area contributed by atoms with Crippen molar-refractivity contribution in [3.8, 4) is 11.3 Å². The number of fused-ring (bicyclic) bond motifs is 1. The van der Waals surface area contributed by atoms with Crippen molar-refractivity contribution in [2.75, 3.05) is 32.1 Å². The second-order valence-electron chi connectivity index (χ2n) is 6.81. The summed E-state index contributed by atoms with van der Waals surface area (Å²) >= 11 is 7.53. The van der Waals surface area contributed by atoms with Crippen LogP contribution in [0, 0.1) is 0 Å². The van der Waals surface area contributed by atoms with Gasteiger partial charge in [-0.1, -0.05) is 58.4 Å². The number of halogens is 2. The number of amides is 1. The minimum absolute atomic E-state index is 0. The Morgan fingerprint density at radius 3 is 2.60 bits per heavy atom. The van der Waals surface area contributed by atoms with E-state index < -0.39 is 0 Å². The van der Waals surface area contributed by atoms with E-state index in [4.69, 9.17) is 16.1 Å². The highest BCUT2D eigenvalue weighted by Gasteiger charge is 2.24. The predicted molar refractivity (Wildman–Crippen MR) is 124 cm³/mol. The van der Waals surface area contributed by atoms with Crippen LogP contribution in [-0.4, -0.2) is 48.1 Å². The smallest absolute Gasteiger partial charge is 0.282 e. The van der Waals surface area contributed by atoms with Gasteiger partial charge in [-0.2, -0.15) is 0 Å². The lowest BCUT2D eigenvalue weighted by Crippen LogP contribution is -2.36. The molecular formula is C21H20Cl2N4O2S. The van der Waals surface area contributed by atoms with E-state index in [1.54, 1.807) is 17.0 Å². The molecule has 0 N–H and O–H groups in total. The van der Waals surface area contributed by atoms with Gasteiger partial charge in [0.05, 0.1) is 10.2 Å². The highest BCUT2D eigenvalue weighted by molar-refractivity contribution is 7.22. The number of carbonyl (C=O) groups is 1. The number of rotatable bonds is 6. The highest BCUT2D eigenvalue weighted by atomic mass is 35.5. The van der Waals surface area contributed by atoms with Crippen LogP contribution < -0.4 is 4.90 Å². The maximum absolute atomic E-state index is 13.3. The van der Waals surface area contributed by atoms with Gasteiger partial charge in [0.2, 0.25) is 0 Å².